The Balaban J connectivity index is 1.32. The molecule has 1 amide bonds. The second-order valence-corrected chi connectivity index (χ2v) is 9.38. The van der Waals surface area contributed by atoms with Gasteiger partial charge in [-0.05, 0) is 29.8 Å². The SMILES string of the molecule is COc1cccc2sc(N3CC(C(=O)NCc4ccc(S(N)(=O)=O)cc4)C3)nc12. The van der Waals surface area contributed by atoms with Gasteiger partial charge in [-0.3, -0.25) is 4.79 Å². The summed E-state index contributed by atoms with van der Waals surface area (Å²) in [6, 6.07) is 12.0. The van der Waals surface area contributed by atoms with Crippen molar-refractivity contribution in [3.05, 3.63) is 48.0 Å². The predicted octanol–water partition coefficient (Wildman–Crippen LogP) is 1.70. The molecule has 0 saturated carbocycles. The number of methoxy groups -OCH3 is 1. The predicted molar refractivity (Wildman–Crippen MR) is 112 cm³/mol. The number of carbonyl (C=O) groups excluding carboxylic acids is 1. The zero-order valence-corrected chi connectivity index (χ0v) is 17.3. The number of anilines is 1. The largest absolute Gasteiger partial charge is 0.494 e. The van der Waals surface area contributed by atoms with E-state index >= 15 is 0 Å². The first-order valence-corrected chi connectivity index (χ1v) is 11.3. The minimum absolute atomic E-state index is 0.0320. The van der Waals surface area contributed by atoms with Crippen LogP contribution in [-0.2, 0) is 21.4 Å². The van der Waals surface area contributed by atoms with Gasteiger partial charge in [0.15, 0.2) is 5.13 Å². The van der Waals surface area contributed by atoms with E-state index in [0.717, 1.165) is 26.7 Å². The highest BCUT2D eigenvalue weighted by Gasteiger charge is 2.34. The number of nitrogens with two attached hydrogens (primary N) is 1. The van der Waals surface area contributed by atoms with E-state index in [1.165, 1.54) is 12.1 Å². The molecule has 29 heavy (non-hydrogen) atoms. The van der Waals surface area contributed by atoms with Gasteiger partial charge < -0.3 is 15.0 Å². The molecular formula is C19H20N4O4S2. The molecule has 2 heterocycles. The van der Waals surface area contributed by atoms with Crippen molar-refractivity contribution in [1.82, 2.24) is 10.3 Å². The fourth-order valence-corrected chi connectivity index (χ4v) is 4.66. The molecule has 8 nitrogen and oxygen atoms in total. The van der Waals surface area contributed by atoms with Crippen molar-refractivity contribution >= 4 is 42.6 Å². The summed E-state index contributed by atoms with van der Waals surface area (Å²) in [5, 5.41) is 8.86. The van der Waals surface area contributed by atoms with E-state index in [9.17, 15) is 13.2 Å². The lowest BCUT2D eigenvalue weighted by Gasteiger charge is -2.37. The third kappa shape index (κ3) is 4.04. The van der Waals surface area contributed by atoms with E-state index in [0.29, 0.717) is 19.6 Å². The van der Waals surface area contributed by atoms with Crippen LogP contribution in [0.15, 0.2) is 47.4 Å². The van der Waals surface area contributed by atoms with Gasteiger partial charge in [0.25, 0.3) is 0 Å². The average molecular weight is 433 g/mol. The summed E-state index contributed by atoms with van der Waals surface area (Å²) in [5.74, 6) is 0.608. The monoisotopic (exact) mass is 432 g/mol. The summed E-state index contributed by atoms with van der Waals surface area (Å²) >= 11 is 1.58. The number of benzene rings is 2. The molecule has 4 rings (SSSR count). The minimum Gasteiger partial charge on any atom is -0.494 e. The quantitative estimate of drug-likeness (QED) is 0.613. The van der Waals surface area contributed by atoms with E-state index < -0.39 is 10.0 Å². The van der Waals surface area contributed by atoms with Gasteiger partial charge in [0.2, 0.25) is 15.9 Å². The summed E-state index contributed by atoms with van der Waals surface area (Å²) < 4.78 is 29.0. The Kier molecular flexibility index (Phi) is 5.15. The maximum atomic E-state index is 12.4. The molecule has 3 aromatic rings. The number of thiazole rings is 1. The maximum absolute atomic E-state index is 12.4. The molecule has 1 aliphatic heterocycles. The Morgan fingerprint density at radius 2 is 2.00 bits per heavy atom. The second-order valence-electron chi connectivity index (χ2n) is 6.81. The number of nitrogens with zero attached hydrogens (tertiary/aromatic N) is 2. The van der Waals surface area contributed by atoms with Crippen LogP contribution in [0.25, 0.3) is 10.2 Å². The standard InChI is InChI=1S/C19H20N4O4S2/c1-27-15-3-2-4-16-17(15)22-19(28-16)23-10-13(11-23)18(24)21-9-12-5-7-14(8-6-12)29(20,25)26/h2-8,13H,9-11H2,1H3,(H,21,24)(H2,20,25,26). The first kappa shape index (κ1) is 19.6. The Hall–Kier alpha value is -2.69. The van der Waals surface area contributed by atoms with Crippen molar-refractivity contribution in [1.29, 1.82) is 0 Å². The Bertz CT molecular complexity index is 1150. The number of para-hydroxylation sites is 1. The van der Waals surface area contributed by atoms with Crippen molar-refractivity contribution in [3.63, 3.8) is 0 Å². The molecule has 0 bridgehead atoms. The van der Waals surface area contributed by atoms with Crippen molar-refractivity contribution in [2.45, 2.75) is 11.4 Å². The number of hydrogen-bond acceptors (Lipinski definition) is 7. The van der Waals surface area contributed by atoms with Crippen LogP contribution in [0.1, 0.15) is 5.56 Å². The summed E-state index contributed by atoms with van der Waals surface area (Å²) in [7, 11) is -2.09. The Morgan fingerprint density at radius 3 is 2.66 bits per heavy atom. The number of fused-ring (bicyclic) bond motifs is 1. The summed E-state index contributed by atoms with van der Waals surface area (Å²) in [6.07, 6.45) is 0. The smallest absolute Gasteiger partial charge is 0.238 e. The molecule has 1 saturated heterocycles. The second kappa shape index (κ2) is 7.62. The molecule has 0 spiro atoms. The zero-order chi connectivity index (χ0) is 20.6. The molecule has 10 heteroatoms. The molecular weight excluding hydrogens is 412 g/mol. The number of nitrogens with one attached hydrogen (secondary N) is 1. The lowest BCUT2D eigenvalue weighted by atomic mass is 10.00. The molecule has 2 aromatic carbocycles. The fourth-order valence-electron chi connectivity index (χ4n) is 3.14. The number of hydrogen-bond donors (Lipinski definition) is 2. The van der Waals surface area contributed by atoms with Gasteiger partial charge in [-0.2, -0.15) is 0 Å². The van der Waals surface area contributed by atoms with Crippen LogP contribution in [-0.4, -0.2) is 39.5 Å². The highest BCUT2D eigenvalue weighted by molar-refractivity contribution is 7.89. The van der Waals surface area contributed by atoms with Crippen LogP contribution in [0.3, 0.4) is 0 Å². The molecule has 1 fully saturated rings. The molecule has 1 aromatic heterocycles. The Morgan fingerprint density at radius 1 is 1.28 bits per heavy atom. The van der Waals surface area contributed by atoms with Crippen LogP contribution in [0, 0.1) is 5.92 Å². The van der Waals surface area contributed by atoms with Gasteiger partial charge in [0.1, 0.15) is 11.3 Å². The molecule has 3 N–H and O–H groups in total. The molecule has 0 radical (unpaired) electrons. The molecule has 1 aliphatic rings. The number of ether oxygens (including phenoxy) is 1. The van der Waals surface area contributed by atoms with Gasteiger partial charge in [0.05, 0.1) is 22.6 Å². The van der Waals surface area contributed by atoms with Crippen LogP contribution < -0.4 is 20.1 Å². The molecule has 0 unspecified atom stereocenters. The summed E-state index contributed by atoms with van der Waals surface area (Å²) in [6.45, 7) is 1.55. The summed E-state index contributed by atoms with van der Waals surface area (Å²) in [4.78, 5) is 19.2. The van der Waals surface area contributed by atoms with Crippen LogP contribution >= 0.6 is 11.3 Å². The van der Waals surface area contributed by atoms with Crippen LogP contribution in [0.4, 0.5) is 5.13 Å². The minimum atomic E-state index is -3.71. The molecule has 0 atom stereocenters. The number of sulfonamides is 1. The average Bonchev–Trinajstić information content (AvgIpc) is 3.08. The van der Waals surface area contributed by atoms with Crippen molar-refractivity contribution in [2.24, 2.45) is 11.1 Å². The molecule has 152 valence electrons. The van der Waals surface area contributed by atoms with E-state index in [1.54, 1.807) is 30.6 Å². The normalized spacial score (nSPS) is 14.6. The van der Waals surface area contributed by atoms with Gasteiger partial charge in [0, 0.05) is 19.6 Å². The first-order chi connectivity index (χ1) is 13.8. The van der Waals surface area contributed by atoms with E-state index in [-0.39, 0.29) is 16.7 Å². The number of rotatable bonds is 6. The lowest BCUT2D eigenvalue weighted by molar-refractivity contribution is -0.125. The number of amides is 1. The van der Waals surface area contributed by atoms with E-state index in [1.807, 2.05) is 18.2 Å². The third-order valence-corrected chi connectivity index (χ3v) is 6.84. The van der Waals surface area contributed by atoms with Gasteiger partial charge in [-0.25, -0.2) is 18.5 Å². The highest BCUT2D eigenvalue weighted by Crippen LogP contribution is 2.36. The van der Waals surface area contributed by atoms with Crippen molar-refractivity contribution < 1.29 is 17.9 Å². The van der Waals surface area contributed by atoms with Crippen molar-refractivity contribution in [2.75, 3.05) is 25.1 Å². The number of carbonyl (C=O) groups is 1. The topological polar surface area (TPSA) is 115 Å². The van der Waals surface area contributed by atoms with Crippen LogP contribution in [0.2, 0.25) is 0 Å². The molecule has 0 aliphatic carbocycles. The number of primary sulfonamides is 1. The van der Waals surface area contributed by atoms with Gasteiger partial charge in [-0.15, -0.1) is 0 Å². The van der Waals surface area contributed by atoms with Crippen molar-refractivity contribution in [3.8, 4) is 5.75 Å². The maximum Gasteiger partial charge on any atom is 0.238 e. The number of aromatic nitrogens is 1. The summed E-state index contributed by atoms with van der Waals surface area (Å²) in [5.41, 5.74) is 1.64. The lowest BCUT2D eigenvalue weighted by Crippen LogP contribution is -2.53. The van der Waals surface area contributed by atoms with E-state index in [4.69, 9.17) is 9.88 Å². The third-order valence-electron chi connectivity index (χ3n) is 4.83. The van der Waals surface area contributed by atoms with Gasteiger partial charge in [-0.1, -0.05) is 29.5 Å². The first-order valence-electron chi connectivity index (χ1n) is 8.93. The Labute approximate surface area is 172 Å². The highest BCUT2D eigenvalue weighted by atomic mass is 32.2. The van der Waals surface area contributed by atoms with Crippen LogP contribution in [0.5, 0.6) is 5.75 Å². The fraction of sp³-hybridized carbons (Fsp3) is 0.263. The zero-order valence-electron chi connectivity index (χ0n) is 15.7. The van der Waals surface area contributed by atoms with Gasteiger partial charge >= 0.3 is 0 Å². The van der Waals surface area contributed by atoms with E-state index in [2.05, 4.69) is 15.2 Å².